The van der Waals surface area contributed by atoms with Crippen molar-refractivity contribution in [2.75, 3.05) is 13.1 Å². The minimum Gasteiger partial charge on any atom is -0.335 e. The molecule has 2 rings (SSSR count). The molecule has 1 N–H and O–H groups in total. The van der Waals surface area contributed by atoms with E-state index in [2.05, 4.69) is 10.4 Å². The molecule has 1 fully saturated rings. The number of amides is 1. The molecular formula is C14H21F3N4O. The first-order valence-electron chi connectivity index (χ1n) is 7.31. The summed E-state index contributed by atoms with van der Waals surface area (Å²) in [6.45, 7) is 7.77. The average Bonchev–Trinajstić information content (AvgIpc) is 2.81. The largest absolute Gasteiger partial charge is 0.433 e. The zero-order valence-corrected chi connectivity index (χ0v) is 13.1. The van der Waals surface area contributed by atoms with Crippen molar-refractivity contribution in [3.63, 3.8) is 0 Å². The van der Waals surface area contributed by atoms with Gasteiger partial charge in [-0.2, -0.15) is 18.3 Å². The molecule has 1 amide bonds. The van der Waals surface area contributed by atoms with Crippen LogP contribution in [0.4, 0.5) is 13.2 Å². The highest BCUT2D eigenvalue weighted by molar-refractivity contribution is 5.95. The highest BCUT2D eigenvalue weighted by atomic mass is 19.4. The molecule has 22 heavy (non-hydrogen) atoms. The molecule has 0 bridgehead atoms. The molecule has 1 aromatic rings. The molecule has 2 heterocycles. The highest BCUT2D eigenvalue weighted by Gasteiger charge is 2.42. The van der Waals surface area contributed by atoms with Crippen LogP contribution in [-0.4, -0.2) is 45.8 Å². The Morgan fingerprint density at radius 1 is 1.32 bits per heavy atom. The summed E-state index contributed by atoms with van der Waals surface area (Å²) >= 11 is 0. The Kier molecular flexibility index (Phi) is 4.51. The van der Waals surface area contributed by atoms with Crippen molar-refractivity contribution in [3.05, 3.63) is 17.5 Å². The highest BCUT2D eigenvalue weighted by Crippen LogP contribution is 2.34. The van der Waals surface area contributed by atoms with Crippen LogP contribution >= 0.6 is 0 Å². The number of piperazine rings is 1. The van der Waals surface area contributed by atoms with E-state index in [1.807, 2.05) is 13.8 Å². The third-order valence-corrected chi connectivity index (χ3v) is 3.63. The fourth-order valence-corrected chi connectivity index (χ4v) is 2.86. The predicted molar refractivity (Wildman–Crippen MR) is 75.6 cm³/mol. The molecule has 1 aliphatic heterocycles. The van der Waals surface area contributed by atoms with Crippen LogP contribution in [0.3, 0.4) is 0 Å². The summed E-state index contributed by atoms with van der Waals surface area (Å²) in [5.74, 6) is -0.612. The second-order valence-corrected chi connectivity index (χ2v) is 6.12. The third-order valence-electron chi connectivity index (χ3n) is 3.63. The lowest BCUT2D eigenvalue weighted by molar-refractivity contribution is -0.145. The Labute approximate surface area is 127 Å². The molecule has 0 saturated carbocycles. The number of carbonyl (C=O) groups excluding carboxylic acids is 1. The standard InChI is InChI=1S/C14H21F3N4O/c1-8(2)21-12(14(15,16)17)11(5-18-21)13(22)20-6-9(3)19-10(4)7-20/h5,8-10,19H,6-7H2,1-4H3. The number of halogens is 3. The number of carbonyl (C=O) groups is 1. The van der Waals surface area contributed by atoms with Gasteiger partial charge < -0.3 is 10.2 Å². The number of hydrogen-bond acceptors (Lipinski definition) is 3. The van der Waals surface area contributed by atoms with Gasteiger partial charge in [0.05, 0.1) is 11.8 Å². The molecule has 8 heteroatoms. The van der Waals surface area contributed by atoms with Gasteiger partial charge in [0.25, 0.3) is 5.91 Å². The minimum atomic E-state index is -4.61. The summed E-state index contributed by atoms with van der Waals surface area (Å²) in [4.78, 5) is 14.0. The Morgan fingerprint density at radius 3 is 2.32 bits per heavy atom. The van der Waals surface area contributed by atoms with Gasteiger partial charge in [-0.25, -0.2) is 0 Å². The van der Waals surface area contributed by atoms with Gasteiger partial charge in [0, 0.05) is 31.2 Å². The van der Waals surface area contributed by atoms with Gasteiger partial charge in [-0.3, -0.25) is 9.48 Å². The van der Waals surface area contributed by atoms with Crippen molar-refractivity contribution in [2.24, 2.45) is 0 Å². The average molecular weight is 318 g/mol. The maximum Gasteiger partial charge on any atom is 0.433 e. The smallest absolute Gasteiger partial charge is 0.335 e. The second kappa shape index (κ2) is 5.91. The van der Waals surface area contributed by atoms with Gasteiger partial charge in [0.15, 0.2) is 5.69 Å². The third kappa shape index (κ3) is 3.26. The Balaban J connectivity index is 2.38. The van der Waals surface area contributed by atoms with Gasteiger partial charge >= 0.3 is 6.18 Å². The van der Waals surface area contributed by atoms with E-state index in [-0.39, 0.29) is 17.6 Å². The number of nitrogens with zero attached hydrogens (tertiary/aromatic N) is 3. The van der Waals surface area contributed by atoms with Crippen LogP contribution in [0.2, 0.25) is 0 Å². The molecule has 0 aliphatic carbocycles. The molecule has 5 nitrogen and oxygen atoms in total. The van der Waals surface area contributed by atoms with Gasteiger partial charge in [-0.05, 0) is 27.7 Å². The molecule has 2 atom stereocenters. The Bertz CT molecular complexity index is 543. The molecule has 124 valence electrons. The minimum absolute atomic E-state index is 0.0437. The van der Waals surface area contributed by atoms with Crippen molar-refractivity contribution in [1.29, 1.82) is 0 Å². The van der Waals surface area contributed by atoms with Crippen LogP contribution in [-0.2, 0) is 6.18 Å². The normalized spacial score (nSPS) is 23.2. The zero-order valence-electron chi connectivity index (χ0n) is 13.1. The predicted octanol–water partition coefficient (Wildman–Crippen LogP) is 2.31. The van der Waals surface area contributed by atoms with Crippen molar-refractivity contribution in [2.45, 2.75) is 52.0 Å². The molecule has 0 spiro atoms. The molecule has 1 aromatic heterocycles. The molecule has 2 unspecified atom stereocenters. The quantitative estimate of drug-likeness (QED) is 0.910. The van der Waals surface area contributed by atoms with E-state index in [1.54, 1.807) is 13.8 Å². The number of alkyl halides is 3. The van der Waals surface area contributed by atoms with E-state index >= 15 is 0 Å². The first-order chi connectivity index (χ1) is 10.1. The lowest BCUT2D eigenvalue weighted by Crippen LogP contribution is -2.56. The van der Waals surface area contributed by atoms with E-state index in [1.165, 1.54) is 4.90 Å². The van der Waals surface area contributed by atoms with Crippen molar-refractivity contribution < 1.29 is 18.0 Å². The maximum atomic E-state index is 13.3. The fraction of sp³-hybridized carbons (Fsp3) is 0.714. The molecule has 0 radical (unpaired) electrons. The van der Waals surface area contributed by atoms with E-state index < -0.39 is 23.8 Å². The summed E-state index contributed by atoms with van der Waals surface area (Å²) in [7, 11) is 0. The van der Waals surface area contributed by atoms with Crippen LogP contribution in [0.5, 0.6) is 0 Å². The van der Waals surface area contributed by atoms with Crippen LogP contribution < -0.4 is 5.32 Å². The summed E-state index contributed by atoms with van der Waals surface area (Å²) in [5, 5.41) is 7.02. The monoisotopic (exact) mass is 318 g/mol. The number of aromatic nitrogens is 2. The van der Waals surface area contributed by atoms with E-state index in [9.17, 15) is 18.0 Å². The van der Waals surface area contributed by atoms with Crippen LogP contribution in [0.1, 0.15) is 49.8 Å². The number of hydrogen-bond donors (Lipinski definition) is 1. The topological polar surface area (TPSA) is 50.2 Å². The van der Waals surface area contributed by atoms with E-state index in [0.717, 1.165) is 10.9 Å². The van der Waals surface area contributed by atoms with Crippen molar-refractivity contribution in [3.8, 4) is 0 Å². The van der Waals surface area contributed by atoms with Crippen molar-refractivity contribution >= 4 is 5.91 Å². The molecule has 0 aromatic carbocycles. The SMILES string of the molecule is CC1CN(C(=O)c2cnn(C(C)C)c2C(F)(F)F)CC(C)N1. The Morgan fingerprint density at radius 2 is 1.86 bits per heavy atom. The lowest BCUT2D eigenvalue weighted by atomic mass is 10.1. The maximum absolute atomic E-state index is 13.3. The first-order valence-corrected chi connectivity index (χ1v) is 7.31. The second-order valence-electron chi connectivity index (χ2n) is 6.12. The summed E-state index contributed by atoms with van der Waals surface area (Å²) in [5.41, 5.74) is -1.34. The lowest BCUT2D eigenvalue weighted by Gasteiger charge is -2.36. The fourth-order valence-electron chi connectivity index (χ4n) is 2.86. The van der Waals surface area contributed by atoms with E-state index in [0.29, 0.717) is 13.1 Å². The molecule has 1 saturated heterocycles. The van der Waals surface area contributed by atoms with Crippen molar-refractivity contribution in [1.82, 2.24) is 20.0 Å². The summed E-state index contributed by atoms with van der Waals surface area (Å²) < 4.78 is 40.9. The van der Waals surface area contributed by atoms with Gasteiger partial charge in [0.2, 0.25) is 0 Å². The zero-order chi connectivity index (χ0) is 16.7. The van der Waals surface area contributed by atoms with Gasteiger partial charge in [-0.1, -0.05) is 0 Å². The summed E-state index contributed by atoms with van der Waals surface area (Å²) in [6, 6.07) is -0.386. The number of rotatable bonds is 2. The first kappa shape index (κ1) is 16.8. The van der Waals surface area contributed by atoms with Gasteiger partial charge in [-0.15, -0.1) is 0 Å². The summed E-state index contributed by atoms with van der Waals surface area (Å²) in [6.07, 6.45) is -3.58. The van der Waals surface area contributed by atoms with E-state index in [4.69, 9.17) is 0 Å². The van der Waals surface area contributed by atoms with Crippen LogP contribution in [0.15, 0.2) is 6.20 Å². The number of nitrogens with one attached hydrogen (secondary N) is 1. The Hall–Kier alpha value is -1.57. The van der Waals surface area contributed by atoms with Crippen LogP contribution in [0.25, 0.3) is 0 Å². The van der Waals surface area contributed by atoms with Gasteiger partial charge in [0.1, 0.15) is 0 Å². The molecular weight excluding hydrogens is 297 g/mol. The van der Waals surface area contributed by atoms with Crippen LogP contribution in [0, 0.1) is 0 Å². The molecule has 1 aliphatic rings.